The van der Waals surface area contributed by atoms with Crippen molar-refractivity contribution in [1.29, 1.82) is 0 Å². The zero-order valence-corrected chi connectivity index (χ0v) is 17.4. The van der Waals surface area contributed by atoms with Crippen LogP contribution in [-0.4, -0.2) is 31.6 Å². The molecule has 4 nitrogen and oxygen atoms in total. The van der Waals surface area contributed by atoms with Gasteiger partial charge in [-0.2, -0.15) is 0 Å². The molecule has 26 heavy (non-hydrogen) atoms. The van der Waals surface area contributed by atoms with E-state index in [0.29, 0.717) is 24.4 Å². The molecule has 2 aliphatic rings. The third kappa shape index (κ3) is 5.28. The number of hydrogen-bond acceptors (Lipinski definition) is 3. The van der Waals surface area contributed by atoms with Crippen molar-refractivity contribution in [3.05, 3.63) is 30.3 Å². The van der Waals surface area contributed by atoms with Crippen LogP contribution in [0.2, 0.25) is 0 Å². The lowest BCUT2D eigenvalue weighted by Gasteiger charge is -2.43. The summed E-state index contributed by atoms with van der Waals surface area (Å²) >= 11 is 0. The van der Waals surface area contributed by atoms with Gasteiger partial charge in [-0.25, -0.2) is 0 Å². The molecular weight excluding hydrogens is 369 g/mol. The van der Waals surface area contributed by atoms with Crippen LogP contribution in [-0.2, 0) is 4.79 Å². The molecule has 0 heterocycles. The number of carbonyl (C=O) groups excluding carboxylic acids is 1. The van der Waals surface area contributed by atoms with Crippen LogP contribution in [0.3, 0.4) is 0 Å². The molecule has 1 aromatic carbocycles. The molecule has 0 aliphatic heterocycles. The lowest BCUT2D eigenvalue weighted by Crippen LogP contribution is -2.50. The molecule has 0 saturated heterocycles. The fourth-order valence-electron chi connectivity index (χ4n) is 4.45. The Morgan fingerprint density at radius 1 is 1.19 bits per heavy atom. The van der Waals surface area contributed by atoms with E-state index in [9.17, 15) is 4.79 Å². The van der Waals surface area contributed by atoms with Crippen LogP contribution in [0.25, 0.3) is 0 Å². The molecule has 2 bridgehead atoms. The Hall–Kier alpha value is -0.970. The van der Waals surface area contributed by atoms with Crippen LogP contribution in [0.15, 0.2) is 30.3 Å². The fraction of sp³-hybridized carbons (Fsp3) is 0.650. The van der Waals surface area contributed by atoms with E-state index < -0.39 is 0 Å². The van der Waals surface area contributed by atoms with Gasteiger partial charge in [0, 0.05) is 37.3 Å². The van der Waals surface area contributed by atoms with Crippen molar-refractivity contribution in [2.45, 2.75) is 51.1 Å². The Morgan fingerprint density at radius 3 is 2.35 bits per heavy atom. The smallest absolute Gasteiger partial charge is 0.223 e. The lowest BCUT2D eigenvalue weighted by atomic mass is 9.65. The average Bonchev–Trinajstić information content (AvgIpc) is 2.59. The number of nitrogens with two attached hydrogens (primary N) is 1. The summed E-state index contributed by atoms with van der Waals surface area (Å²) in [6.45, 7) is 2.83. The van der Waals surface area contributed by atoms with Crippen molar-refractivity contribution in [2.75, 3.05) is 18.5 Å². The van der Waals surface area contributed by atoms with Crippen molar-refractivity contribution in [2.24, 2.45) is 23.5 Å². The van der Waals surface area contributed by atoms with Gasteiger partial charge >= 0.3 is 0 Å². The number of rotatable bonds is 5. The first-order valence-electron chi connectivity index (χ1n) is 9.37. The minimum Gasteiger partial charge on any atom is -0.370 e. The fourth-order valence-corrected chi connectivity index (χ4v) is 4.45. The number of likely N-dealkylation sites (N-methyl/N-ethyl adjacent to an activating group) is 1. The number of hydrogen-bond donors (Lipinski definition) is 2. The van der Waals surface area contributed by atoms with E-state index in [0.717, 1.165) is 12.8 Å². The molecule has 3 rings (SSSR count). The third-order valence-corrected chi connectivity index (χ3v) is 6.18. The van der Waals surface area contributed by atoms with Gasteiger partial charge in [0.1, 0.15) is 0 Å². The Balaban J connectivity index is 0.00000169. The Kier molecular flexibility index (Phi) is 9.22. The van der Waals surface area contributed by atoms with E-state index in [1.807, 2.05) is 18.2 Å². The molecule has 0 radical (unpaired) electrons. The van der Waals surface area contributed by atoms with Gasteiger partial charge in [-0.3, -0.25) is 4.79 Å². The Morgan fingerprint density at radius 2 is 1.77 bits per heavy atom. The number of para-hydroxylation sites is 1. The summed E-state index contributed by atoms with van der Waals surface area (Å²) in [6, 6.07) is 10.9. The molecule has 1 amide bonds. The molecule has 2 fully saturated rings. The molecule has 0 spiro atoms. The highest BCUT2D eigenvalue weighted by Crippen LogP contribution is 2.41. The highest BCUT2D eigenvalue weighted by Gasteiger charge is 2.40. The topological polar surface area (TPSA) is 58.4 Å². The highest BCUT2D eigenvalue weighted by molar-refractivity contribution is 5.85. The van der Waals surface area contributed by atoms with Crippen LogP contribution in [0, 0.1) is 17.8 Å². The second-order valence-electron chi connectivity index (χ2n) is 7.74. The van der Waals surface area contributed by atoms with E-state index in [1.165, 1.54) is 24.9 Å². The van der Waals surface area contributed by atoms with Gasteiger partial charge in [0.15, 0.2) is 0 Å². The SMILES string of the molecule is CC(CNC(=O)C1CC2CCCC(C1)C2N)N(C)c1ccccc1.Cl.Cl. The number of carbonyl (C=O) groups is 1. The van der Waals surface area contributed by atoms with Crippen molar-refractivity contribution in [3.63, 3.8) is 0 Å². The third-order valence-electron chi connectivity index (χ3n) is 6.18. The first-order valence-corrected chi connectivity index (χ1v) is 9.37. The van der Waals surface area contributed by atoms with E-state index in [-0.39, 0.29) is 42.7 Å². The quantitative estimate of drug-likeness (QED) is 0.791. The molecular formula is C20H33Cl2N3O. The number of nitrogens with one attached hydrogen (secondary N) is 1. The Bertz CT molecular complexity index is 543. The first kappa shape index (κ1) is 23.1. The maximum Gasteiger partial charge on any atom is 0.223 e. The van der Waals surface area contributed by atoms with Gasteiger partial charge in [0.05, 0.1) is 0 Å². The van der Waals surface area contributed by atoms with Crippen molar-refractivity contribution in [3.8, 4) is 0 Å². The van der Waals surface area contributed by atoms with Crippen molar-refractivity contribution >= 4 is 36.4 Å². The molecule has 1 aromatic rings. The number of nitrogens with zero attached hydrogens (tertiary/aromatic N) is 1. The van der Waals surface area contributed by atoms with E-state index in [4.69, 9.17) is 5.73 Å². The molecule has 3 unspecified atom stereocenters. The van der Waals surface area contributed by atoms with Crippen molar-refractivity contribution < 1.29 is 4.79 Å². The predicted molar refractivity (Wildman–Crippen MR) is 113 cm³/mol. The normalized spacial score (nSPS) is 28.1. The molecule has 3 atom stereocenters. The number of benzene rings is 1. The molecule has 2 aliphatic carbocycles. The van der Waals surface area contributed by atoms with E-state index >= 15 is 0 Å². The number of fused-ring (bicyclic) bond motifs is 2. The minimum absolute atomic E-state index is 0. The summed E-state index contributed by atoms with van der Waals surface area (Å²) in [5.74, 6) is 1.50. The van der Waals surface area contributed by atoms with Gasteiger partial charge in [-0.15, -0.1) is 24.8 Å². The van der Waals surface area contributed by atoms with Crippen LogP contribution in [0.5, 0.6) is 0 Å². The summed E-state index contributed by atoms with van der Waals surface area (Å²) in [7, 11) is 2.08. The summed E-state index contributed by atoms with van der Waals surface area (Å²) in [5.41, 5.74) is 7.51. The number of amides is 1. The second-order valence-corrected chi connectivity index (χ2v) is 7.74. The number of halogens is 2. The van der Waals surface area contributed by atoms with Gasteiger partial charge in [0.25, 0.3) is 0 Å². The minimum atomic E-state index is 0. The van der Waals surface area contributed by atoms with Crippen molar-refractivity contribution in [1.82, 2.24) is 5.32 Å². The maximum absolute atomic E-state index is 12.6. The van der Waals surface area contributed by atoms with Gasteiger partial charge in [-0.05, 0) is 56.6 Å². The van der Waals surface area contributed by atoms with E-state index in [1.54, 1.807) is 0 Å². The molecule has 2 saturated carbocycles. The van der Waals surface area contributed by atoms with Gasteiger partial charge in [0.2, 0.25) is 5.91 Å². The standard InChI is InChI=1S/C20H31N3O.2ClH/c1-14(23(2)18-9-4-3-5-10-18)13-22-20(24)17-11-15-7-6-8-16(12-17)19(15)21;;/h3-5,9-10,14-17,19H,6-8,11-13,21H2,1-2H3,(H,22,24);2*1H. The molecule has 148 valence electrons. The largest absolute Gasteiger partial charge is 0.370 e. The second kappa shape index (κ2) is 10.4. The van der Waals surface area contributed by atoms with Crippen LogP contribution < -0.4 is 16.0 Å². The highest BCUT2D eigenvalue weighted by atomic mass is 35.5. The summed E-state index contributed by atoms with van der Waals surface area (Å²) < 4.78 is 0. The molecule has 3 N–H and O–H groups in total. The van der Waals surface area contributed by atoms with Gasteiger partial charge in [-0.1, -0.05) is 24.6 Å². The first-order chi connectivity index (χ1) is 11.6. The molecule has 0 aromatic heterocycles. The van der Waals surface area contributed by atoms with Crippen LogP contribution in [0.1, 0.15) is 39.0 Å². The predicted octanol–water partition coefficient (Wildman–Crippen LogP) is 3.62. The van der Waals surface area contributed by atoms with Crippen LogP contribution >= 0.6 is 24.8 Å². The Labute approximate surface area is 170 Å². The average molecular weight is 402 g/mol. The van der Waals surface area contributed by atoms with Crippen LogP contribution in [0.4, 0.5) is 5.69 Å². The molecule has 6 heteroatoms. The summed E-state index contributed by atoms with van der Waals surface area (Å²) in [4.78, 5) is 14.8. The monoisotopic (exact) mass is 401 g/mol. The van der Waals surface area contributed by atoms with Gasteiger partial charge < -0.3 is 16.0 Å². The summed E-state index contributed by atoms with van der Waals surface area (Å²) in [6.07, 6.45) is 5.65. The zero-order chi connectivity index (χ0) is 17.1. The van der Waals surface area contributed by atoms with E-state index in [2.05, 4.69) is 36.3 Å². The lowest BCUT2D eigenvalue weighted by molar-refractivity contribution is -0.127. The summed E-state index contributed by atoms with van der Waals surface area (Å²) in [5, 5.41) is 3.19. The number of anilines is 1. The zero-order valence-electron chi connectivity index (χ0n) is 15.8. The maximum atomic E-state index is 12.6.